The molecule has 0 bridgehead atoms. The first-order valence-electron chi connectivity index (χ1n) is 9.17. The number of carboxylic acid groups (broad SMARTS) is 1. The van der Waals surface area contributed by atoms with E-state index in [0.29, 0.717) is 12.6 Å². The number of aromatic carboxylic acids is 1. The number of hydrogen-bond acceptors (Lipinski definition) is 8. The third-order valence-corrected chi connectivity index (χ3v) is 4.89. The van der Waals surface area contributed by atoms with Crippen LogP contribution in [0.4, 0.5) is 24.7 Å². The molecular weight excluding hydrogens is 515 g/mol. The van der Waals surface area contributed by atoms with Gasteiger partial charge in [0.15, 0.2) is 23.3 Å². The molecule has 0 aliphatic heterocycles. The number of rotatable bonds is 6. The summed E-state index contributed by atoms with van der Waals surface area (Å²) >= 11 is 3.12. The van der Waals surface area contributed by atoms with Crippen LogP contribution < -0.4 is 22.2 Å². The van der Waals surface area contributed by atoms with Crippen molar-refractivity contribution < 1.29 is 33.3 Å². The molecule has 178 valence electrons. The van der Waals surface area contributed by atoms with Gasteiger partial charge >= 0.3 is 5.97 Å². The number of anilines is 2. The Balaban J connectivity index is 0.000000890. The fourth-order valence-electron chi connectivity index (χ4n) is 2.72. The molecular formula is C19H19BrF3N5O5. The van der Waals surface area contributed by atoms with E-state index in [1.54, 1.807) is 0 Å². The highest BCUT2D eigenvalue weighted by atomic mass is 79.9. The summed E-state index contributed by atoms with van der Waals surface area (Å²) in [5.74, 6) is -6.15. The van der Waals surface area contributed by atoms with Crippen LogP contribution in [0.3, 0.4) is 0 Å². The Kier molecular flexibility index (Phi) is 8.76. The van der Waals surface area contributed by atoms with E-state index in [1.165, 1.54) is 0 Å². The molecule has 33 heavy (non-hydrogen) atoms. The fraction of sp³-hybridized carbons (Fsp3) is 0.211. The number of nitrogen functional groups attached to an aromatic ring is 1. The average Bonchev–Trinajstić information content (AvgIpc) is 2.77. The topological polar surface area (TPSA) is 177 Å². The molecule has 0 unspecified atom stereocenters. The predicted octanol–water partition coefficient (Wildman–Crippen LogP) is 1.19. The van der Waals surface area contributed by atoms with Crippen molar-refractivity contribution in [3.8, 4) is 5.82 Å². The van der Waals surface area contributed by atoms with Crippen LogP contribution in [0, 0.1) is 17.5 Å². The number of nitrogens with two attached hydrogens (primary N) is 2. The number of aliphatic hydroxyl groups is 2. The zero-order valence-corrected chi connectivity index (χ0v) is 18.4. The van der Waals surface area contributed by atoms with Crippen LogP contribution in [0.5, 0.6) is 0 Å². The number of fused-ring (bicyclic) bond motifs is 1. The lowest BCUT2D eigenvalue weighted by molar-refractivity contribution is 0.0695. The molecule has 0 fully saturated rings. The first-order chi connectivity index (χ1) is 15.6. The van der Waals surface area contributed by atoms with Crippen LogP contribution in [0.15, 0.2) is 27.6 Å². The summed E-state index contributed by atoms with van der Waals surface area (Å²) in [5.41, 5.74) is 8.06. The Labute approximate surface area is 192 Å². The molecule has 0 saturated heterocycles. The van der Waals surface area contributed by atoms with Crippen molar-refractivity contribution in [1.82, 2.24) is 9.55 Å². The summed E-state index contributed by atoms with van der Waals surface area (Å²) in [5, 5.41) is 28.2. The van der Waals surface area contributed by atoms with E-state index in [1.807, 2.05) is 0 Å². The van der Waals surface area contributed by atoms with Gasteiger partial charge in [-0.1, -0.05) is 0 Å². The lowest BCUT2D eigenvalue weighted by Crippen LogP contribution is -2.21. The van der Waals surface area contributed by atoms with Crippen LogP contribution >= 0.6 is 15.9 Å². The third-order valence-electron chi connectivity index (χ3n) is 4.12. The average molecular weight is 534 g/mol. The van der Waals surface area contributed by atoms with Gasteiger partial charge in [-0.25, -0.2) is 22.9 Å². The third kappa shape index (κ3) is 5.42. The van der Waals surface area contributed by atoms with E-state index in [4.69, 9.17) is 21.7 Å². The highest BCUT2D eigenvalue weighted by Crippen LogP contribution is 2.35. The van der Waals surface area contributed by atoms with Gasteiger partial charge < -0.3 is 32.1 Å². The lowest BCUT2D eigenvalue weighted by Gasteiger charge is -2.17. The van der Waals surface area contributed by atoms with Gasteiger partial charge in [-0.3, -0.25) is 9.36 Å². The second-order valence-corrected chi connectivity index (χ2v) is 7.11. The Morgan fingerprint density at radius 2 is 1.79 bits per heavy atom. The minimum Gasteiger partial charge on any atom is -0.477 e. The highest BCUT2D eigenvalue weighted by Gasteiger charge is 2.23. The molecule has 0 saturated carbocycles. The Hall–Kier alpha value is -3.20. The molecule has 0 aliphatic carbocycles. The maximum atomic E-state index is 14.5. The molecule has 14 heteroatoms. The zero-order valence-electron chi connectivity index (χ0n) is 16.8. The maximum Gasteiger partial charge on any atom is 0.341 e. The molecule has 0 aliphatic rings. The molecule has 3 rings (SSSR count). The summed E-state index contributed by atoms with van der Waals surface area (Å²) in [6.07, 6.45) is 0.786. The highest BCUT2D eigenvalue weighted by molar-refractivity contribution is 9.10. The van der Waals surface area contributed by atoms with Crippen LogP contribution in [-0.4, -0.2) is 57.1 Å². The second kappa shape index (κ2) is 11.1. The van der Waals surface area contributed by atoms with Crippen molar-refractivity contribution >= 4 is 44.3 Å². The lowest BCUT2D eigenvalue weighted by atomic mass is 10.1. The molecule has 10 nitrogen and oxygen atoms in total. The maximum absolute atomic E-state index is 14.5. The Morgan fingerprint density at radius 1 is 1.15 bits per heavy atom. The van der Waals surface area contributed by atoms with E-state index < -0.39 is 51.4 Å². The number of aliphatic hydroxyl groups excluding tert-OH is 2. The van der Waals surface area contributed by atoms with E-state index >= 15 is 0 Å². The number of nitrogens with one attached hydrogen (secondary N) is 1. The number of aromatic nitrogens is 2. The number of halogens is 4. The van der Waals surface area contributed by atoms with Gasteiger partial charge in [0.1, 0.15) is 11.4 Å². The number of hydrogen-bond donors (Lipinski definition) is 6. The monoisotopic (exact) mass is 533 g/mol. The second-order valence-electron chi connectivity index (χ2n) is 6.31. The van der Waals surface area contributed by atoms with Crippen molar-refractivity contribution in [2.45, 2.75) is 0 Å². The molecule has 0 atom stereocenters. The SMILES string of the molecule is NCCO.Nc1nc(-n2cc(C(=O)O)c(=O)c3cc(F)c(NCCO)c(Br)c32)c(F)cc1F. The number of benzene rings is 1. The smallest absolute Gasteiger partial charge is 0.341 e. The normalized spacial score (nSPS) is 10.6. The largest absolute Gasteiger partial charge is 0.477 e. The predicted molar refractivity (Wildman–Crippen MR) is 118 cm³/mol. The van der Waals surface area contributed by atoms with Crippen LogP contribution in [0.25, 0.3) is 16.7 Å². The number of carbonyl (C=O) groups is 1. The van der Waals surface area contributed by atoms with Gasteiger partial charge in [-0.2, -0.15) is 0 Å². The molecule has 0 radical (unpaired) electrons. The first kappa shape index (κ1) is 26.1. The quantitative estimate of drug-likeness (QED) is 0.271. The van der Waals surface area contributed by atoms with Gasteiger partial charge in [0.2, 0.25) is 5.43 Å². The van der Waals surface area contributed by atoms with E-state index in [2.05, 4.69) is 26.2 Å². The summed E-state index contributed by atoms with van der Waals surface area (Å²) < 4.78 is 43.3. The molecule has 0 spiro atoms. The van der Waals surface area contributed by atoms with E-state index in [9.17, 15) is 27.9 Å². The van der Waals surface area contributed by atoms with Gasteiger partial charge in [-0.05, 0) is 22.0 Å². The van der Waals surface area contributed by atoms with Gasteiger partial charge in [0.05, 0.1) is 34.3 Å². The van der Waals surface area contributed by atoms with E-state index in [0.717, 1.165) is 16.8 Å². The number of pyridine rings is 2. The van der Waals surface area contributed by atoms with Gasteiger partial charge in [0.25, 0.3) is 0 Å². The minimum atomic E-state index is -1.64. The molecule has 2 heterocycles. The summed E-state index contributed by atoms with van der Waals surface area (Å²) in [4.78, 5) is 27.6. The molecule has 3 aromatic rings. The standard InChI is InChI=1S/C17H12BrF3N4O4.C2H7NO/c18-11-12(23-1-2-26)8(19)3-6-13(11)25(5-7(14(6)27)17(28)29)16-10(21)4-9(20)15(22)24-16;3-1-2-4/h3-5,23,26H,1-2H2,(H2,22,24)(H,28,29);4H,1-3H2. The summed E-state index contributed by atoms with van der Waals surface area (Å²) in [6, 6.07) is 1.22. The number of carboxylic acids is 1. The fourth-order valence-corrected chi connectivity index (χ4v) is 3.45. The van der Waals surface area contributed by atoms with Crippen LogP contribution in [0.2, 0.25) is 0 Å². The van der Waals surface area contributed by atoms with Crippen molar-refractivity contribution in [3.63, 3.8) is 0 Å². The van der Waals surface area contributed by atoms with Crippen molar-refractivity contribution in [2.24, 2.45) is 5.73 Å². The molecule has 1 aromatic carbocycles. The summed E-state index contributed by atoms with van der Waals surface area (Å²) in [7, 11) is 0. The van der Waals surface area contributed by atoms with Gasteiger partial charge in [-0.15, -0.1) is 0 Å². The zero-order chi connectivity index (χ0) is 24.9. The van der Waals surface area contributed by atoms with Crippen molar-refractivity contribution in [3.05, 3.63) is 56.0 Å². The minimum absolute atomic E-state index is 0.0470. The van der Waals surface area contributed by atoms with Crippen molar-refractivity contribution in [2.75, 3.05) is 37.4 Å². The van der Waals surface area contributed by atoms with Crippen molar-refractivity contribution in [1.29, 1.82) is 0 Å². The van der Waals surface area contributed by atoms with E-state index in [-0.39, 0.29) is 35.4 Å². The number of nitrogens with zero attached hydrogens (tertiary/aromatic N) is 2. The molecule has 0 amide bonds. The van der Waals surface area contributed by atoms with Crippen LogP contribution in [-0.2, 0) is 0 Å². The van der Waals surface area contributed by atoms with Gasteiger partial charge in [0, 0.05) is 25.4 Å². The molecule has 8 N–H and O–H groups in total. The van der Waals surface area contributed by atoms with Crippen LogP contribution in [0.1, 0.15) is 10.4 Å². The Morgan fingerprint density at radius 3 is 2.33 bits per heavy atom. The molecule has 2 aromatic heterocycles. The first-order valence-corrected chi connectivity index (χ1v) is 9.96. The summed E-state index contributed by atoms with van der Waals surface area (Å²) in [6.45, 7) is 0.0912. The Bertz CT molecular complexity index is 1250.